The summed E-state index contributed by atoms with van der Waals surface area (Å²) in [6.07, 6.45) is 1.96. The summed E-state index contributed by atoms with van der Waals surface area (Å²) in [6, 6.07) is 24.5. The summed E-state index contributed by atoms with van der Waals surface area (Å²) in [5.41, 5.74) is 5.88. The Hall–Kier alpha value is -3.24. The van der Waals surface area contributed by atoms with Crippen LogP contribution in [0.25, 0.3) is 11.1 Å². The topological polar surface area (TPSA) is 47.9 Å². The molecule has 0 fully saturated rings. The molecule has 1 N–H and O–H groups in total. The van der Waals surface area contributed by atoms with Crippen molar-refractivity contribution in [3.63, 3.8) is 0 Å². The Morgan fingerprint density at radius 2 is 1.13 bits per heavy atom. The fraction of sp³-hybridized carbons (Fsp3) is 0.259. The number of allylic oxidation sites excluding steroid dienone is 1. The molecule has 0 bridgehead atoms. The van der Waals surface area contributed by atoms with E-state index in [9.17, 15) is 0 Å². The predicted octanol–water partition coefficient (Wildman–Crippen LogP) is 5.83. The van der Waals surface area contributed by atoms with Crippen molar-refractivity contribution >= 4 is 11.1 Å². The first-order valence-corrected chi connectivity index (χ1v) is 10.6. The van der Waals surface area contributed by atoms with Crippen molar-refractivity contribution < 1.29 is 19.3 Å². The molecule has 3 aromatic rings. The second-order valence-corrected chi connectivity index (χ2v) is 7.16. The Balaban J connectivity index is 2.14. The first-order chi connectivity index (χ1) is 15.2. The molecule has 0 saturated heterocycles. The van der Waals surface area contributed by atoms with Crippen molar-refractivity contribution in [1.82, 2.24) is 0 Å². The smallest absolute Gasteiger partial charge is 0.119 e. The van der Waals surface area contributed by atoms with Crippen LogP contribution in [-0.2, 0) is 0 Å². The lowest BCUT2D eigenvalue weighted by Crippen LogP contribution is -2.01. The lowest BCUT2D eigenvalue weighted by atomic mass is 9.87. The molecule has 0 radical (unpaired) electrons. The SMILES string of the molecule is CCCC(=C(c1ccc(OC)cc1)c1ccc(OC)cc1)c1ccc(OCCO)cc1. The first kappa shape index (κ1) is 22.4. The van der Waals surface area contributed by atoms with E-state index in [1.54, 1.807) is 14.2 Å². The second kappa shape index (κ2) is 11.2. The zero-order valence-corrected chi connectivity index (χ0v) is 18.4. The third-order valence-electron chi connectivity index (χ3n) is 5.12. The molecule has 0 aliphatic heterocycles. The van der Waals surface area contributed by atoms with Gasteiger partial charge in [0.05, 0.1) is 20.8 Å². The molecule has 3 rings (SSSR count). The number of benzene rings is 3. The van der Waals surface area contributed by atoms with Crippen molar-refractivity contribution in [3.05, 3.63) is 89.5 Å². The third-order valence-corrected chi connectivity index (χ3v) is 5.12. The number of rotatable bonds is 10. The number of aliphatic hydroxyl groups excluding tert-OH is 1. The minimum absolute atomic E-state index is 0.00181. The minimum Gasteiger partial charge on any atom is -0.497 e. The van der Waals surface area contributed by atoms with Crippen LogP contribution in [0.4, 0.5) is 0 Å². The highest BCUT2D eigenvalue weighted by molar-refractivity contribution is 5.98. The van der Waals surface area contributed by atoms with E-state index >= 15 is 0 Å². The van der Waals surface area contributed by atoms with Gasteiger partial charge in [0.1, 0.15) is 23.9 Å². The number of methoxy groups -OCH3 is 2. The monoisotopic (exact) mass is 418 g/mol. The number of hydrogen-bond donors (Lipinski definition) is 1. The molecule has 0 aliphatic rings. The summed E-state index contributed by atoms with van der Waals surface area (Å²) in [7, 11) is 3.36. The molecule has 162 valence electrons. The molecular formula is C27H30O4. The molecule has 0 amide bonds. The number of aliphatic hydroxyl groups is 1. The van der Waals surface area contributed by atoms with Gasteiger partial charge < -0.3 is 19.3 Å². The van der Waals surface area contributed by atoms with Gasteiger partial charge in [0.2, 0.25) is 0 Å². The highest BCUT2D eigenvalue weighted by atomic mass is 16.5. The summed E-state index contributed by atoms with van der Waals surface area (Å²) < 4.78 is 16.3. The van der Waals surface area contributed by atoms with Crippen LogP contribution >= 0.6 is 0 Å². The van der Waals surface area contributed by atoms with E-state index in [4.69, 9.17) is 19.3 Å². The summed E-state index contributed by atoms with van der Waals surface area (Å²) in [4.78, 5) is 0. The average Bonchev–Trinajstić information content (AvgIpc) is 2.83. The lowest BCUT2D eigenvalue weighted by molar-refractivity contribution is 0.201. The van der Waals surface area contributed by atoms with Crippen LogP contribution in [0.2, 0.25) is 0 Å². The maximum atomic E-state index is 8.99. The van der Waals surface area contributed by atoms with Gasteiger partial charge in [-0.2, -0.15) is 0 Å². The van der Waals surface area contributed by atoms with E-state index < -0.39 is 0 Å². The zero-order valence-electron chi connectivity index (χ0n) is 18.4. The minimum atomic E-state index is 0.00181. The van der Waals surface area contributed by atoms with E-state index in [1.165, 1.54) is 11.1 Å². The molecular weight excluding hydrogens is 388 g/mol. The van der Waals surface area contributed by atoms with Crippen LogP contribution in [-0.4, -0.2) is 32.5 Å². The van der Waals surface area contributed by atoms with E-state index in [1.807, 2.05) is 36.4 Å². The largest absolute Gasteiger partial charge is 0.497 e. The molecule has 3 aromatic carbocycles. The van der Waals surface area contributed by atoms with Gasteiger partial charge in [0.25, 0.3) is 0 Å². The normalized spacial score (nSPS) is 10.5. The Bertz CT molecular complexity index is 922. The van der Waals surface area contributed by atoms with Crippen LogP contribution in [0, 0.1) is 0 Å². The van der Waals surface area contributed by atoms with Crippen molar-refractivity contribution in [3.8, 4) is 17.2 Å². The van der Waals surface area contributed by atoms with Gasteiger partial charge in [0, 0.05) is 0 Å². The third kappa shape index (κ3) is 5.68. The second-order valence-electron chi connectivity index (χ2n) is 7.16. The molecule has 0 saturated carbocycles. The number of hydrogen-bond acceptors (Lipinski definition) is 4. The van der Waals surface area contributed by atoms with Gasteiger partial charge in [-0.1, -0.05) is 49.7 Å². The van der Waals surface area contributed by atoms with E-state index in [0.29, 0.717) is 6.61 Å². The summed E-state index contributed by atoms with van der Waals surface area (Å²) in [5.74, 6) is 2.42. The summed E-state index contributed by atoms with van der Waals surface area (Å²) >= 11 is 0. The van der Waals surface area contributed by atoms with Gasteiger partial charge in [-0.3, -0.25) is 0 Å². The standard InChI is InChI=1S/C27H30O4/c1-4-5-26(20-6-16-25(17-7-20)31-19-18-28)27(21-8-12-23(29-2)13-9-21)22-10-14-24(30-3)15-11-22/h6-17,28H,4-5,18-19H2,1-3H3. The first-order valence-electron chi connectivity index (χ1n) is 10.6. The van der Waals surface area contributed by atoms with Gasteiger partial charge in [0.15, 0.2) is 0 Å². The van der Waals surface area contributed by atoms with Crippen LogP contribution in [0.1, 0.15) is 36.5 Å². The van der Waals surface area contributed by atoms with Crippen molar-refractivity contribution in [2.75, 3.05) is 27.4 Å². The molecule has 0 atom stereocenters. The molecule has 4 nitrogen and oxygen atoms in total. The van der Waals surface area contributed by atoms with E-state index in [2.05, 4.69) is 43.3 Å². The Morgan fingerprint density at radius 1 is 0.677 bits per heavy atom. The van der Waals surface area contributed by atoms with Crippen LogP contribution < -0.4 is 14.2 Å². The molecule has 0 aliphatic carbocycles. The van der Waals surface area contributed by atoms with Gasteiger partial charge >= 0.3 is 0 Å². The Labute approximate surface area is 184 Å². The molecule has 0 spiro atoms. The van der Waals surface area contributed by atoms with Crippen LogP contribution in [0.5, 0.6) is 17.2 Å². The van der Waals surface area contributed by atoms with Crippen molar-refractivity contribution in [1.29, 1.82) is 0 Å². The number of ether oxygens (including phenoxy) is 3. The molecule has 31 heavy (non-hydrogen) atoms. The summed E-state index contributed by atoms with van der Waals surface area (Å²) in [6.45, 7) is 2.49. The maximum absolute atomic E-state index is 8.99. The maximum Gasteiger partial charge on any atom is 0.119 e. The Morgan fingerprint density at radius 3 is 1.55 bits per heavy atom. The fourth-order valence-electron chi connectivity index (χ4n) is 3.61. The van der Waals surface area contributed by atoms with E-state index in [0.717, 1.165) is 46.8 Å². The van der Waals surface area contributed by atoms with Gasteiger partial charge in [-0.05, 0) is 70.7 Å². The molecule has 4 heteroatoms. The highest BCUT2D eigenvalue weighted by Gasteiger charge is 2.14. The Kier molecular flexibility index (Phi) is 8.13. The predicted molar refractivity (Wildman–Crippen MR) is 126 cm³/mol. The van der Waals surface area contributed by atoms with Crippen molar-refractivity contribution in [2.45, 2.75) is 19.8 Å². The zero-order chi connectivity index (χ0) is 22.1. The fourth-order valence-corrected chi connectivity index (χ4v) is 3.61. The quantitative estimate of drug-likeness (QED) is 0.421. The van der Waals surface area contributed by atoms with Gasteiger partial charge in [-0.15, -0.1) is 0 Å². The van der Waals surface area contributed by atoms with Crippen molar-refractivity contribution in [2.24, 2.45) is 0 Å². The molecule has 0 heterocycles. The van der Waals surface area contributed by atoms with E-state index in [-0.39, 0.29) is 6.61 Å². The van der Waals surface area contributed by atoms with Gasteiger partial charge in [-0.25, -0.2) is 0 Å². The highest BCUT2D eigenvalue weighted by Crippen LogP contribution is 2.36. The summed E-state index contributed by atoms with van der Waals surface area (Å²) in [5, 5.41) is 8.99. The average molecular weight is 419 g/mol. The molecule has 0 unspecified atom stereocenters. The molecule has 0 aromatic heterocycles. The lowest BCUT2D eigenvalue weighted by Gasteiger charge is -2.18. The van der Waals surface area contributed by atoms with Crippen LogP contribution in [0.15, 0.2) is 72.8 Å². The van der Waals surface area contributed by atoms with Crippen LogP contribution in [0.3, 0.4) is 0 Å².